The molecule has 138 valence electrons. The van der Waals surface area contributed by atoms with Gasteiger partial charge in [0.2, 0.25) is 0 Å². The number of hydrogen-bond acceptors (Lipinski definition) is 3. The minimum absolute atomic E-state index is 0.0634. The first-order valence-electron chi connectivity index (χ1n) is 7.81. The van der Waals surface area contributed by atoms with Crippen LogP contribution in [-0.2, 0) is 4.74 Å². The molecule has 1 atom stereocenters. The number of carbonyl (C=O) groups excluding carboxylic acids is 2. The van der Waals surface area contributed by atoms with Crippen molar-refractivity contribution in [1.82, 2.24) is 5.32 Å². The van der Waals surface area contributed by atoms with E-state index >= 15 is 0 Å². The Morgan fingerprint density at radius 2 is 1.77 bits per heavy atom. The number of nitrogens with one attached hydrogen (secondary N) is 1. The number of alkyl carbamates (subject to hydrolysis) is 1. The minimum atomic E-state index is -1.10. The molecule has 0 saturated heterocycles. The molecule has 1 amide bonds. The molecule has 26 heavy (non-hydrogen) atoms. The number of hydrogen-bond donors (Lipinski definition) is 1. The van der Waals surface area contributed by atoms with Crippen molar-refractivity contribution in [1.29, 1.82) is 0 Å². The molecule has 1 N–H and O–H groups in total. The Balaban J connectivity index is 2.37. The molecule has 0 fully saturated rings. The summed E-state index contributed by atoms with van der Waals surface area (Å²) in [5.41, 5.74) is -0.0608. The zero-order valence-corrected chi connectivity index (χ0v) is 17.4. The van der Waals surface area contributed by atoms with Crippen molar-refractivity contribution in [3.8, 4) is 0 Å². The zero-order chi connectivity index (χ0) is 19.5. The van der Waals surface area contributed by atoms with Gasteiger partial charge >= 0.3 is 6.09 Å². The molecule has 0 aliphatic heterocycles. The van der Waals surface area contributed by atoms with Gasteiger partial charge in [0.1, 0.15) is 17.5 Å². The molecule has 0 aromatic heterocycles. The molecule has 0 radical (unpaired) electrons. The van der Waals surface area contributed by atoms with Crippen LogP contribution in [0.4, 0.5) is 9.18 Å². The van der Waals surface area contributed by atoms with Gasteiger partial charge in [-0.15, -0.1) is 0 Å². The molecule has 7 heteroatoms. The van der Waals surface area contributed by atoms with Gasteiger partial charge in [-0.25, -0.2) is 9.18 Å². The lowest BCUT2D eigenvalue weighted by Gasteiger charge is -2.23. The van der Waals surface area contributed by atoms with Gasteiger partial charge in [0.25, 0.3) is 0 Å². The molecule has 0 aliphatic rings. The SMILES string of the molecule is CC(C)(C)OC(=O)NC(C(=O)c1ccc(I)cc1)c1ccc(Cl)c(F)c1. The molecule has 0 bridgehead atoms. The number of rotatable bonds is 4. The van der Waals surface area contributed by atoms with E-state index < -0.39 is 23.6 Å². The van der Waals surface area contributed by atoms with Gasteiger partial charge in [-0.2, -0.15) is 0 Å². The molecule has 1 unspecified atom stereocenters. The first-order chi connectivity index (χ1) is 12.1. The van der Waals surface area contributed by atoms with E-state index in [0.29, 0.717) is 5.56 Å². The van der Waals surface area contributed by atoms with Crippen LogP contribution < -0.4 is 5.32 Å². The fourth-order valence-electron chi connectivity index (χ4n) is 2.20. The summed E-state index contributed by atoms with van der Waals surface area (Å²) in [6.45, 7) is 5.14. The second-order valence-corrected chi connectivity index (χ2v) is 8.28. The number of ketones is 1. The third kappa shape index (κ3) is 5.67. The number of halogens is 3. The third-order valence-electron chi connectivity index (χ3n) is 3.33. The van der Waals surface area contributed by atoms with E-state index in [9.17, 15) is 14.0 Å². The van der Waals surface area contributed by atoms with Crippen LogP contribution in [0.2, 0.25) is 5.02 Å². The summed E-state index contributed by atoms with van der Waals surface area (Å²) in [5, 5.41) is 2.46. The lowest BCUT2D eigenvalue weighted by molar-refractivity contribution is 0.0490. The Labute approximate surface area is 170 Å². The smallest absolute Gasteiger partial charge is 0.408 e. The molecule has 0 saturated carbocycles. The highest BCUT2D eigenvalue weighted by molar-refractivity contribution is 14.1. The first-order valence-corrected chi connectivity index (χ1v) is 9.27. The normalized spacial score (nSPS) is 12.4. The fraction of sp³-hybridized carbons (Fsp3) is 0.263. The second-order valence-electron chi connectivity index (χ2n) is 6.62. The van der Waals surface area contributed by atoms with Crippen molar-refractivity contribution < 1.29 is 18.7 Å². The van der Waals surface area contributed by atoms with Gasteiger partial charge in [-0.3, -0.25) is 4.79 Å². The largest absolute Gasteiger partial charge is 0.444 e. The van der Waals surface area contributed by atoms with E-state index in [1.165, 1.54) is 12.1 Å². The van der Waals surface area contributed by atoms with Gasteiger partial charge in [-0.1, -0.05) is 29.8 Å². The van der Waals surface area contributed by atoms with Crippen LogP contribution in [0.5, 0.6) is 0 Å². The minimum Gasteiger partial charge on any atom is -0.444 e. The van der Waals surface area contributed by atoms with Crippen molar-refractivity contribution in [3.05, 3.63) is 68.0 Å². The van der Waals surface area contributed by atoms with Crippen molar-refractivity contribution in [2.24, 2.45) is 0 Å². The number of ether oxygens (including phenoxy) is 1. The van der Waals surface area contributed by atoms with Crippen molar-refractivity contribution >= 4 is 46.1 Å². The molecular formula is C19H18ClFINO3. The van der Waals surface area contributed by atoms with E-state index in [4.69, 9.17) is 16.3 Å². The van der Waals surface area contributed by atoms with Crippen molar-refractivity contribution in [3.63, 3.8) is 0 Å². The quantitative estimate of drug-likeness (QED) is 0.454. The summed E-state index contributed by atoms with van der Waals surface area (Å²) in [6.07, 6.45) is -0.767. The van der Waals surface area contributed by atoms with Crippen LogP contribution in [0.3, 0.4) is 0 Å². The summed E-state index contributed by atoms with van der Waals surface area (Å²) < 4.78 is 20.1. The monoisotopic (exact) mass is 489 g/mol. The molecular weight excluding hydrogens is 472 g/mol. The van der Waals surface area contributed by atoms with Gasteiger partial charge in [-0.05, 0) is 73.2 Å². The van der Waals surface area contributed by atoms with Crippen LogP contribution in [0.25, 0.3) is 0 Å². The van der Waals surface area contributed by atoms with Gasteiger partial charge in [0, 0.05) is 9.13 Å². The van der Waals surface area contributed by atoms with Gasteiger partial charge < -0.3 is 10.1 Å². The average molecular weight is 490 g/mol. The predicted octanol–water partition coefficient (Wildman–Crippen LogP) is 5.53. The predicted molar refractivity (Wildman–Crippen MR) is 107 cm³/mol. The van der Waals surface area contributed by atoms with Crippen LogP contribution in [0.1, 0.15) is 42.7 Å². The molecule has 2 aromatic carbocycles. The average Bonchev–Trinajstić information content (AvgIpc) is 2.54. The van der Waals surface area contributed by atoms with Crippen molar-refractivity contribution in [2.45, 2.75) is 32.4 Å². The van der Waals surface area contributed by atoms with E-state index in [1.54, 1.807) is 45.0 Å². The molecule has 0 aliphatic carbocycles. The molecule has 2 aromatic rings. The van der Waals surface area contributed by atoms with E-state index in [-0.39, 0.29) is 16.4 Å². The Morgan fingerprint density at radius 3 is 2.31 bits per heavy atom. The molecule has 0 spiro atoms. The highest BCUT2D eigenvalue weighted by Gasteiger charge is 2.27. The summed E-state index contributed by atoms with van der Waals surface area (Å²) in [6, 6.07) is 9.74. The lowest BCUT2D eigenvalue weighted by Crippen LogP contribution is -2.38. The van der Waals surface area contributed by atoms with E-state index in [2.05, 4.69) is 27.9 Å². The standard InChI is InChI=1S/C19H18ClFINO3/c1-19(2,3)26-18(25)23-16(12-6-9-14(20)15(21)10-12)17(24)11-4-7-13(22)8-5-11/h4-10,16H,1-3H3,(H,23,25). The van der Waals surface area contributed by atoms with E-state index in [1.807, 2.05) is 0 Å². The highest BCUT2D eigenvalue weighted by atomic mass is 127. The molecule has 4 nitrogen and oxygen atoms in total. The lowest BCUT2D eigenvalue weighted by atomic mass is 9.97. The maximum absolute atomic E-state index is 13.9. The Morgan fingerprint density at radius 1 is 1.15 bits per heavy atom. The molecule has 0 heterocycles. The van der Waals surface area contributed by atoms with Crippen LogP contribution in [0, 0.1) is 9.39 Å². The van der Waals surface area contributed by atoms with Crippen molar-refractivity contribution in [2.75, 3.05) is 0 Å². The second kappa shape index (κ2) is 8.35. The summed E-state index contributed by atoms with van der Waals surface area (Å²) >= 11 is 7.85. The van der Waals surface area contributed by atoms with E-state index in [0.717, 1.165) is 9.64 Å². The van der Waals surface area contributed by atoms with Gasteiger partial charge in [0.05, 0.1) is 5.02 Å². The Bertz CT molecular complexity index is 819. The summed E-state index contributed by atoms with van der Waals surface area (Å²) in [7, 11) is 0. The number of carbonyl (C=O) groups is 2. The fourth-order valence-corrected chi connectivity index (χ4v) is 2.68. The maximum atomic E-state index is 13.9. The maximum Gasteiger partial charge on any atom is 0.408 e. The summed E-state index contributed by atoms with van der Waals surface area (Å²) in [4.78, 5) is 25.1. The number of benzene rings is 2. The van der Waals surface area contributed by atoms with Crippen LogP contribution >= 0.6 is 34.2 Å². The third-order valence-corrected chi connectivity index (χ3v) is 4.35. The van der Waals surface area contributed by atoms with Crippen LogP contribution in [-0.4, -0.2) is 17.5 Å². The Hall–Kier alpha value is -1.67. The topological polar surface area (TPSA) is 55.4 Å². The summed E-state index contributed by atoms with van der Waals surface area (Å²) in [5.74, 6) is -1.05. The first kappa shape index (κ1) is 20.6. The molecule has 2 rings (SSSR count). The number of amides is 1. The van der Waals surface area contributed by atoms with Crippen LogP contribution in [0.15, 0.2) is 42.5 Å². The van der Waals surface area contributed by atoms with Gasteiger partial charge in [0.15, 0.2) is 5.78 Å². The highest BCUT2D eigenvalue weighted by Crippen LogP contribution is 2.24. The zero-order valence-electron chi connectivity index (χ0n) is 14.5. The number of Topliss-reactive ketones (excluding diaryl/α,β-unsaturated/α-hetero) is 1. The Kier molecular flexibility index (Phi) is 6.63.